The van der Waals surface area contributed by atoms with E-state index >= 15 is 0 Å². The van der Waals surface area contributed by atoms with Crippen molar-refractivity contribution in [3.05, 3.63) is 23.9 Å². The molecular formula is C8H11N. The Bertz CT molecular complexity index is 163. The lowest BCUT2D eigenvalue weighted by atomic mass is 10.3. The maximum atomic E-state index is 4.19. The molecule has 0 saturated carbocycles. The van der Waals surface area contributed by atoms with Gasteiger partial charge in [0.2, 0.25) is 0 Å². The first-order valence-electron chi connectivity index (χ1n) is 3.31. The van der Waals surface area contributed by atoms with Gasteiger partial charge in [0.1, 0.15) is 0 Å². The van der Waals surface area contributed by atoms with Crippen LogP contribution in [0.2, 0.25) is 0 Å². The number of allylic oxidation sites excluding steroid dienone is 4. The van der Waals surface area contributed by atoms with E-state index in [1.54, 1.807) is 0 Å². The van der Waals surface area contributed by atoms with Gasteiger partial charge in [-0.2, -0.15) is 0 Å². The van der Waals surface area contributed by atoms with Crippen LogP contribution >= 0.6 is 0 Å². The smallest absolute Gasteiger partial charge is 0.0364 e. The normalized spacial score (nSPS) is 17.2. The van der Waals surface area contributed by atoms with Crippen LogP contribution in [0, 0.1) is 0 Å². The van der Waals surface area contributed by atoms with Gasteiger partial charge in [0.15, 0.2) is 0 Å². The van der Waals surface area contributed by atoms with Gasteiger partial charge in [0, 0.05) is 11.9 Å². The Morgan fingerprint density at radius 3 is 3.33 bits per heavy atom. The molecule has 0 aliphatic carbocycles. The van der Waals surface area contributed by atoms with Gasteiger partial charge >= 0.3 is 0 Å². The van der Waals surface area contributed by atoms with Crippen molar-refractivity contribution < 1.29 is 0 Å². The maximum Gasteiger partial charge on any atom is 0.0364 e. The van der Waals surface area contributed by atoms with Crippen molar-refractivity contribution in [2.75, 3.05) is 0 Å². The molecule has 1 aliphatic rings. The summed E-state index contributed by atoms with van der Waals surface area (Å²) in [5.41, 5.74) is 1.19. The van der Waals surface area contributed by atoms with E-state index in [-0.39, 0.29) is 0 Å². The van der Waals surface area contributed by atoms with E-state index in [1.165, 1.54) is 5.70 Å². The molecule has 1 aliphatic heterocycles. The summed E-state index contributed by atoms with van der Waals surface area (Å²) in [6.07, 6.45) is 10.2. The van der Waals surface area contributed by atoms with Crippen LogP contribution in [0.25, 0.3) is 0 Å². The largest absolute Gasteiger partial charge is 0.262 e. The highest BCUT2D eigenvalue weighted by molar-refractivity contribution is 5.72. The van der Waals surface area contributed by atoms with Crippen LogP contribution in [-0.4, -0.2) is 6.21 Å². The Labute approximate surface area is 55.8 Å². The van der Waals surface area contributed by atoms with Crippen LogP contribution in [0.3, 0.4) is 0 Å². The van der Waals surface area contributed by atoms with Gasteiger partial charge in [0.25, 0.3) is 0 Å². The zero-order valence-electron chi connectivity index (χ0n) is 5.67. The van der Waals surface area contributed by atoms with E-state index in [0.717, 1.165) is 12.8 Å². The number of hydrogen-bond acceptors (Lipinski definition) is 1. The van der Waals surface area contributed by atoms with Crippen molar-refractivity contribution in [3.63, 3.8) is 0 Å². The topological polar surface area (TPSA) is 12.4 Å². The SMILES string of the molecule is CCC1=CCC=CC=N1. The molecule has 0 unspecified atom stereocenters. The van der Waals surface area contributed by atoms with Gasteiger partial charge in [-0.15, -0.1) is 0 Å². The molecule has 0 aromatic heterocycles. The van der Waals surface area contributed by atoms with E-state index < -0.39 is 0 Å². The molecule has 0 amide bonds. The predicted molar refractivity (Wildman–Crippen MR) is 40.6 cm³/mol. The molecule has 0 N–H and O–H groups in total. The number of nitrogens with zero attached hydrogens (tertiary/aromatic N) is 1. The predicted octanol–water partition coefficient (Wildman–Crippen LogP) is 2.31. The van der Waals surface area contributed by atoms with E-state index in [2.05, 4.69) is 24.1 Å². The van der Waals surface area contributed by atoms with Crippen LogP contribution in [-0.2, 0) is 0 Å². The fourth-order valence-corrected chi connectivity index (χ4v) is 0.771. The van der Waals surface area contributed by atoms with Crippen molar-refractivity contribution >= 4 is 6.21 Å². The van der Waals surface area contributed by atoms with Crippen LogP contribution in [0.1, 0.15) is 19.8 Å². The van der Waals surface area contributed by atoms with Gasteiger partial charge < -0.3 is 0 Å². The van der Waals surface area contributed by atoms with Gasteiger partial charge in [0.05, 0.1) is 0 Å². The first-order valence-corrected chi connectivity index (χ1v) is 3.31. The van der Waals surface area contributed by atoms with Gasteiger partial charge in [-0.3, -0.25) is 4.99 Å². The van der Waals surface area contributed by atoms with Crippen molar-refractivity contribution in [1.82, 2.24) is 0 Å². The van der Waals surface area contributed by atoms with E-state index in [1.807, 2.05) is 12.3 Å². The van der Waals surface area contributed by atoms with Gasteiger partial charge in [-0.05, 0) is 18.9 Å². The van der Waals surface area contributed by atoms with Gasteiger partial charge in [-0.25, -0.2) is 0 Å². The third-order valence-corrected chi connectivity index (χ3v) is 1.31. The van der Waals surface area contributed by atoms with E-state index in [4.69, 9.17) is 0 Å². The lowest BCUT2D eigenvalue weighted by Gasteiger charge is -1.90. The Morgan fingerprint density at radius 1 is 1.67 bits per heavy atom. The molecule has 0 spiro atoms. The van der Waals surface area contributed by atoms with E-state index in [0.29, 0.717) is 0 Å². The quantitative estimate of drug-likeness (QED) is 0.504. The molecule has 0 aromatic rings. The Kier molecular flexibility index (Phi) is 2.25. The van der Waals surface area contributed by atoms with Crippen molar-refractivity contribution in [2.45, 2.75) is 19.8 Å². The molecule has 1 rings (SSSR count). The molecule has 1 heteroatoms. The summed E-state index contributed by atoms with van der Waals surface area (Å²) >= 11 is 0. The van der Waals surface area contributed by atoms with Gasteiger partial charge in [-0.1, -0.05) is 19.1 Å². The van der Waals surface area contributed by atoms with Crippen LogP contribution < -0.4 is 0 Å². The number of rotatable bonds is 1. The molecule has 1 heterocycles. The highest BCUT2D eigenvalue weighted by atomic mass is 14.7. The molecule has 9 heavy (non-hydrogen) atoms. The molecule has 0 saturated heterocycles. The lowest BCUT2D eigenvalue weighted by molar-refractivity contribution is 1.06. The molecule has 48 valence electrons. The first kappa shape index (κ1) is 6.27. The summed E-state index contributed by atoms with van der Waals surface area (Å²) in [6.45, 7) is 2.12. The minimum Gasteiger partial charge on any atom is -0.262 e. The zero-order chi connectivity index (χ0) is 6.53. The minimum absolute atomic E-state index is 1.03. The summed E-state index contributed by atoms with van der Waals surface area (Å²) in [6, 6.07) is 0. The fraction of sp³-hybridized carbons (Fsp3) is 0.375. The Balaban J connectivity index is 2.63. The maximum absolute atomic E-state index is 4.19. The molecule has 0 radical (unpaired) electrons. The summed E-state index contributed by atoms with van der Waals surface area (Å²) < 4.78 is 0. The summed E-state index contributed by atoms with van der Waals surface area (Å²) in [5, 5.41) is 0. The molecule has 0 bridgehead atoms. The van der Waals surface area contributed by atoms with Crippen LogP contribution in [0.5, 0.6) is 0 Å². The highest BCUT2D eigenvalue weighted by Crippen LogP contribution is 2.05. The second kappa shape index (κ2) is 3.23. The standard InChI is InChI=1S/C8H11N/c1-2-8-6-4-3-5-7-9-8/h3,5-7H,2,4H2,1H3. The molecule has 1 nitrogen and oxygen atoms in total. The van der Waals surface area contributed by atoms with E-state index in [9.17, 15) is 0 Å². The molecule has 0 atom stereocenters. The second-order valence-electron chi connectivity index (χ2n) is 1.99. The Morgan fingerprint density at radius 2 is 2.56 bits per heavy atom. The highest BCUT2D eigenvalue weighted by Gasteiger charge is 1.88. The summed E-state index contributed by atoms with van der Waals surface area (Å²) in [5.74, 6) is 0. The average Bonchev–Trinajstić information content (AvgIpc) is 2.13. The lowest BCUT2D eigenvalue weighted by Crippen LogP contribution is -1.72. The molecule has 0 fully saturated rings. The zero-order valence-corrected chi connectivity index (χ0v) is 5.67. The first-order chi connectivity index (χ1) is 4.43. The average molecular weight is 121 g/mol. The Hall–Kier alpha value is -0.850. The van der Waals surface area contributed by atoms with Crippen molar-refractivity contribution in [1.29, 1.82) is 0 Å². The monoisotopic (exact) mass is 121 g/mol. The summed E-state index contributed by atoms with van der Waals surface area (Å²) in [7, 11) is 0. The minimum atomic E-state index is 1.03. The molecular weight excluding hydrogens is 110 g/mol. The summed E-state index contributed by atoms with van der Waals surface area (Å²) in [4.78, 5) is 4.19. The number of aliphatic imine (C=N–C) groups is 1. The number of hydrogen-bond donors (Lipinski definition) is 0. The van der Waals surface area contributed by atoms with Crippen molar-refractivity contribution in [3.8, 4) is 0 Å². The third kappa shape index (κ3) is 1.84. The fourth-order valence-electron chi connectivity index (χ4n) is 0.771. The third-order valence-electron chi connectivity index (χ3n) is 1.31. The van der Waals surface area contributed by atoms with Crippen LogP contribution in [0.15, 0.2) is 28.9 Å². The van der Waals surface area contributed by atoms with Crippen molar-refractivity contribution in [2.24, 2.45) is 4.99 Å². The van der Waals surface area contributed by atoms with Crippen LogP contribution in [0.4, 0.5) is 0 Å². The molecule has 0 aromatic carbocycles. The second-order valence-corrected chi connectivity index (χ2v) is 1.99.